The van der Waals surface area contributed by atoms with E-state index in [1.807, 2.05) is 42.5 Å². The van der Waals surface area contributed by atoms with Crippen molar-refractivity contribution >= 4 is 28.5 Å². The van der Waals surface area contributed by atoms with Crippen LogP contribution < -0.4 is 10.6 Å². The molecule has 5 nitrogen and oxygen atoms in total. The maximum atomic E-state index is 13.1. The number of amides is 3. The first-order chi connectivity index (χ1) is 11.6. The molecule has 4 rings (SSSR count). The number of imide groups is 1. The monoisotopic (exact) mass is 322 g/mol. The van der Waals surface area contributed by atoms with Gasteiger partial charge in [0.15, 0.2) is 5.78 Å². The number of hydrogen-bond donors (Lipinski definition) is 2. The predicted molar refractivity (Wildman–Crippen MR) is 89.6 cm³/mol. The summed E-state index contributed by atoms with van der Waals surface area (Å²) in [6, 6.07) is 12.9. The molecule has 5 heteroatoms. The average molecular weight is 322 g/mol. The van der Waals surface area contributed by atoms with E-state index in [9.17, 15) is 14.4 Å². The fraction of sp³-hybridized carbons (Fsp3) is 0.316. The lowest BCUT2D eigenvalue weighted by Gasteiger charge is -2.37. The van der Waals surface area contributed by atoms with Crippen molar-refractivity contribution in [2.45, 2.75) is 31.2 Å². The Kier molecular flexibility index (Phi) is 3.37. The molecule has 2 aliphatic rings. The molecular weight excluding hydrogens is 304 g/mol. The molecule has 0 bridgehead atoms. The summed E-state index contributed by atoms with van der Waals surface area (Å²) >= 11 is 0. The zero-order valence-corrected chi connectivity index (χ0v) is 13.2. The van der Waals surface area contributed by atoms with E-state index < -0.39 is 17.5 Å². The quantitative estimate of drug-likeness (QED) is 0.659. The van der Waals surface area contributed by atoms with E-state index >= 15 is 0 Å². The van der Waals surface area contributed by atoms with E-state index in [4.69, 9.17) is 0 Å². The Morgan fingerprint density at radius 2 is 1.83 bits per heavy atom. The van der Waals surface area contributed by atoms with Crippen LogP contribution in [-0.2, 0) is 4.79 Å². The maximum Gasteiger partial charge on any atom is 0.322 e. The number of hydrogen-bond acceptors (Lipinski definition) is 3. The van der Waals surface area contributed by atoms with E-state index in [2.05, 4.69) is 10.6 Å². The lowest BCUT2D eigenvalue weighted by atomic mass is 9.69. The summed E-state index contributed by atoms with van der Waals surface area (Å²) in [5.41, 5.74) is -0.494. The fourth-order valence-corrected chi connectivity index (χ4v) is 4.00. The predicted octanol–water partition coefficient (Wildman–Crippen LogP) is 2.79. The highest BCUT2D eigenvalue weighted by Gasteiger charge is 2.55. The second-order valence-electron chi connectivity index (χ2n) is 6.60. The Morgan fingerprint density at radius 3 is 2.58 bits per heavy atom. The number of fused-ring (bicyclic) bond motifs is 1. The molecule has 1 aliphatic carbocycles. The highest BCUT2D eigenvalue weighted by Crippen LogP contribution is 2.38. The summed E-state index contributed by atoms with van der Waals surface area (Å²) in [6.07, 6.45) is 2.83. The van der Waals surface area contributed by atoms with Crippen LogP contribution in [0.4, 0.5) is 4.79 Å². The van der Waals surface area contributed by atoms with Crippen LogP contribution >= 0.6 is 0 Å². The van der Waals surface area contributed by atoms with Gasteiger partial charge in [0.2, 0.25) is 0 Å². The molecule has 2 N–H and O–H groups in total. The Balaban J connectivity index is 1.73. The van der Waals surface area contributed by atoms with Gasteiger partial charge in [-0.1, -0.05) is 49.2 Å². The first kappa shape index (κ1) is 14.9. The van der Waals surface area contributed by atoms with Crippen LogP contribution in [0.5, 0.6) is 0 Å². The molecule has 3 amide bonds. The molecule has 122 valence electrons. The van der Waals surface area contributed by atoms with Crippen LogP contribution in [0.3, 0.4) is 0 Å². The largest absolute Gasteiger partial charge is 0.323 e. The van der Waals surface area contributed by atoms with Crippen LogP contribution in [-0.4, -0.2) is 23.3 Å². The molecule has 2 unspecified atom stereocenters. The smallest absolute Gasteiger partial charge is 0.322 e. The van der Waals surface area contributed by atoms with Crippen molar-refractivity contribution in [3.63, 3.8) is 0 Å². The summed E-state index contributed by atoms with van der Waals surface area (Å²) in [4.78, 5) is 37.2. The number of Topliss-reactive ketones (excluding diaryl/α,β-unsaturated/α-hetero) is 1. The lowest BCUT2D eigenvalue weighted by Crippen LogP contribution is -2.57. The number of nitrogens with one attached hydrogen (secondary N) is 2. The third kappa shape index (κ3) is 2.19. The number of urea groups is 1. The van der Waals surface area contributed by atoms with Gasteiger partial charge in [0.25, 0.3) is 5.91 Å². The molecule has 2 fully saturated rings. The molecule has 2 atom stereocenters. The molecule has 1 aliphatic heterocycles. The van der Waals surface area contributed by atoms with Gasteiger partial charge in [0, 0.05) is 5.56 Å². The van der Waals surface area contributed by atoms with Crippen LogP contribution in [0.25, 0.3) is 10.8 Å². The normalized spacial score (nSPS) is 26.4. The highest BCUT2D eigenvalue weighted by atomic mass is 16.2. The van der Waals surface area contributed by atoms with Crippen molar-refractivity contribution in [3.8, 4) is 0 Å². The van der Waals surface area contributed by atoms with E-state index in [0.717, 1.165) is 23.6 Å². The van der Waals surface area contributed by atoms with Gasteiger partial charge in [-0.3, -0.25) is 14.9 Å². The third-order valence-corrected chi connectivity index (χ3v) is 5.23. The number of carbonyl (C=O) groups excluding carboxylic acids is 3. The minimum atomic E-state index is -1.09. The van der Waals surface area contributed by atoms with Gasteiger partial charge in [0.1, 0.15) is 5.54 Å². The Hall–Kier alpha value is -2.69. The van der Waals surface area contributed by atoms with Crippen molar-refractivity contribution < 1.29 is 14.4 Å². The van der Waals surface area contributed by atoms with Gasteiger partial charge < -0.3 is 5.32 Å². The summed E-state index contributed by atoms with van der Waals surface area (Å²) in [5.74, 6) is -0.956. The Bertz CT molecular complexity index is 861. The average Bonchev–Trinajstić information content (AvgIpc) is 2.88. The van der Waals surface area contributed by atoms with Crippen LogP contribution in [0.2, 0.25) is 0 Å². The first-order valence-corrected chi connectivity index (χ1v) is 8.27. The molecule has 0 aromatic heterocycles. The van der Waals surface area contributed by atoms with E-state index in [1.165, 1.54) is 0 Å². The van der Waals surface area contributed by atoms with Gasteiger partial charge in [-0.05, 0) is 29.7 Å². The zero-order valence-electron chi connectivity index (χ0n) is 13.2. The molecule has 1 heterocycles. The summed E-state index contributed by atoms with van der Waals surface area (Å²) in [7, 11) is 0. The summed E-state index contributed by atoms with van der Waals surface area (Å²) in [5, 5.41) is 7.10. The van der Waals surface area contributed by atoms with Gasteiger partial charge >= 0.3 is 6.03 Å². The molecule has 24 heavy (non-hydrogen) atoms. The molecule has 1 spiro atoms. The SMILES string of the molecule is O=C1NC(=O)C2(CCCCC2C(=O)c2ccc3ccccc3c2)N1. The van der Waals surface area contributed by atoms with Crippen LogP contribution in [0, 0.1) is 5.92 Å². The zero-order chi connectivity index (χ0) is 16.7. The summed E-state index contributed by atoms with van der Waals surface area (Å²) in [6.45, 7) is 0. The molecular formula is C19H18N2O3. The van der Waals surface area contributed by atoms with E-state index in [-0.39, 0.29) is 11.7 Å². The number of carbonyl (C=O) groups is 3. The fourth-order valence-electron chi connectivity index (χ4n) is 4.00. The Morgan fingerprint density at radius 1 is 1.04 bits per heavy atom. The van der Waals surface area contributed by atoms with Gasteiger partial charge in [-0.25, -0.2) is 4.79 Å². The van der Waals surface area contributed by atoms with Crippen molar-refractivity contribution in [2.24, 2.45) is 5.92 Å². The van der Waals surface area contributed by atoms with E-state index in [0.29, 0.717) is 18.4 Å². The molecule has 1 saturated heterocycles. The first-order valence-electron chi connectivity index (χ1n) is 8.27. The maximum absolute atomic E-state index is 13.1. The standard InChI is InChI=1S/C19H18N2O3/c22-16(14-9-8-12-5-1-2-6-13(12)11-14)15-7-3-4-10-19(15)17(23)20-18(24)21-19/h1-2,5-6,8-9,11,15H,3-4,7,10H2,(H2,20,21,23,24). The second-order valence-corrected chi connectivity index (χ2v) is 6.60. The second kappa shape index (κ2) is 5.44. The van der Waals surface area contributed by atoms with Gasteiger partial charge in [-0.2, -0.15) is 0 Å². The van der Waals surface area contributed by atoms with Gasteiger partial charge in [-0.15, -0.1) is 0 Å². The highest BCUT2D eigenvalue weighted by molar-refractivity contribution is 6.12. The van der Waals surface area contributed by atoms with Crippen molar-refractivity contribution in [2.75, 3.05) is 0 Å². The van der Waals surface area contributed by atoms with Crippen LogP contribution in [0.15, 0.2) is 42.5 Å². The topological polar surface area (TPSA) is 75.3 Å². The number of benzene rings is 2. The minimum absolute atomic E-state index is 0.0715. The van der Waals surface area contributed by atoms with Crippen LogP contribution in [0.1, 0.15) is 36.0 Å². The van der Waals surface area contributed by atoms with Crippen molar-refractivity contribution in [3.05, 3.63) is 48.0 Å². The van der Waals surface area contributed by atoms with Gasteiger partial charge in [0.05, 0.1) is 5.92 Å². The molecule has 1 saturated carbocycles. The number of rotatable bonds is 2. The Labute approximate surface area is 139 Å². The number of ketones is 1. The third-order valence-electron chi connectivity index (χ3n) is 5.23. The lowest BCUT2D eigenvalue weighted by molar-refractivity contribution is -0.126. The van der Waals surface area contributed by atoms with Crippen molar-refractivity contribution in [1.29, 1.82) is 0 Å². The minimum Gasteiger partial charge on any atom is -0.323 e. The van der Waals surface area contributed by atoms with E-state index in [1.54, 1.807) is 0 Å². The summed E-state index contributed by atoms with van der Waals surface area (Å²) < 4.78 is 0. The molecule has 2 aromatic carbocycles. The van der Waals surface area contributed by atoms with Crippen molar-refractivity contribution in [1.82, 2.24) is 10.6 Å². The molecule has 2 aromatic rings. The molecule has 0 radical (unpaired) electrons.